The molecule has 0 aliphatic carbocycles. The minimum Gasteiger partial charge on any atom is -0.309 e. The topological polar surface area (TPSA) is 4.93 Å². The average molecular weight is 532 g/mol. The highest BCUT2D eigenvalue weighted by atomic mass is 32.1. The summed E-state index contributed by atoms with van der Waals surface area (Å²) in [5.41, 5.74) is 6.23. The molecule has 0 amide bonds. The van der Waals surface area contributed by atoms with Crippen molar-refractivity contribution in [3.05, 3.63) is 127 Å². The fourth-order valence-corrected chi connectivity index (χ4v) is 8.53. The normalized spacial score (nSPS) is 12.1. The van der Waals surface area contributed by atoms with Gasteiger partial charge in [0, 0.05) is 56.8 Å². The van der Waals surface area contributed by atoms with Crippen LogP contribution in [0.5, 0.6) is 0 Å². The van der Waals surface area contributed by atoms with E-state index in [0.29, 0.717) is 0 Å². The number of benzene rings is 6. The van der Waals surface area contributed by atoms with E-state index >= 15 is 0 Å². The Kier molecular flexibility index (Phi) is 4.43. The van der Waals surface area contributed by atoms with E-state index in [1.54, 1.807) is 0 Å². The van der Waals surface area contributed by atoms with Gasteiger partial charge in [-0.1, -0.05) is 78.9 Å². The fraction of sp³-hybridized carbons (Fsp3) is 0. The lowest BCUT2D eigenvalue weighted by atomic mass is 9.99. The maximum atomic E-state index is 2.43. The van der Waals surface area contributed by atoms with Crippen LogP contribution in [-0.2, 0) is 0 Å². The Labute approximate surface area is 232 Å². The van der Waals surface area contributed by atoms with E-state index < -0.39 is 0 Å². The second-order valence-electron chi connectivity index (χ2n) is 10.1. The van der Waals surface area contributed by atoms with Crippen LogP contribution in [0.1, 0.15) is 0 Å². The zero-order valence-corrected chi connectivity index (χ0v) is 22.5. The molecule has 0 radical (unpaired) electrons. The van der Waals surface area contributed by atoms with Crippen molar-refractivity contribution in [1.29, 1.82) is 0 Å². The van der Waals surface area contributed by atoms with Gasteiger partial charge in [-0.25, -0.2) is 0 Å². The number of hydrogen-bond donors (Lipinski definition) is 0. The third kappa shape index (κ3) is 3.06. The number of thiophene rings is 2. The van der Waals surface area contributed by atoms with Gasteiger partial charge >= 0.3 is 0 Å². The minimum absolute atomic E-state index is 1.19. The Morgan fingerprint density at radius 3 is 1.92 bits per heavy atom. The summed E-state index contributed by atoms with van der Waals surface area (Å²) in [6.45, 7) is 0. The minimum atomic E-state index is 1.19. The van der Waals surface area contributed by atoms with Gasteiger partial charge in [0.1, 0.15) is 0 Å². The van der Waals surface area contributed by atoms with E-state index in [4.69, 9.17) is 0 Å². The van der Waals surface area contributed by atoms with Gasteiger partial charge in [-0.2, -0.15) is 0 Å². The lowest BCUT2D eigenvalue weighted by Gasteiger charge is -2.10. The number of hydrogen-bond acceptors (Lipinski definition) is 2. The number of rotatable bonds is 2. The van der Waals surface area contributed by atoms with Crippen LogP contribution >= 0.6 is 22.7 Å². The molecule has 3 heteroatoms. The molecule has 0 saturated carbocycles. The third-order valence-corrected chi connectivity index (χ3v) is 10.3. The molecule has 0 aliphatic heterocycles. The zero-order valence-electron chi connectivity index (χ0n) is 20.9. The Morgan fingerprint density at radius 2 is 1.08 bits per heavy atom. The number of para-hydroxylation sites is 1. The Hall–Kier alpha value is -4.44. The standard InChI is InChI=1S/C36H21NS2/c1-4-12-30-25(8-1)28-21-35-29(26-9-2-5-13-32(26)39-35)20-31(28)37(30)23-18-16-22(17-19-23)24-11-7-15-34-36(24)27-10-3-6-14-33(27)38-34/h1-21H. The predicted octanol–water partition coefficient (Wildman–Crippen LogP) is 11.2. The SMILES string of the molecule is c1ccc2c(c1)sc1cc3c4ccccc4n(-c4ccc(-c5cccc6sc7ccccc7c56)cc4)c3cc12. The Balaban J connectivity index is 1.28. The molecule has 1 nitrogen and oxygen atoms in total. The van der Waals surface area contributed by atoms with Crippen LogP contribution in [0.2, 0.25) is 0 Å². The van der Waals surface area contributed by atoms with Gasteiger partial charge in [0.25, 0.3) is 0 Å². The molecule has 0 spiro atoms. The Bertz CT molecular complexity index is 2380. The maximum Gasteiger partial charge on any atom is 0.0548 e. The molecule has 3 heterocycles. The molecule has 39 heavy (non-hydrogen) atoms. The average Bonchev–Trinajstić information content (AvgIpc) is 3.65. The first-order chi connectivity index (χ1) is 19.3. The van der Waals surface area contributed by atoms with Crippen LogP contribution in [0.3, 0.4) is 0 Å². The summed E-state index contributed by atoms with van der Waals surface area (Å²) in [5.74, 6) is 0. The summed E-state index contributed by atoms with van der Waals surface area (Å²) in [7, 11) is 0. The lowest BCUT2D eigenvalue weighted by molar-refractivity contribution is 1.18. The monoisotopic (exact) mass is 531 g/mol. The summed E-state index contributed by atoms with van der Waals surface area (Å²) in [4.78, 5) is 0. The summed E-state index contributed by atoms with van der Waals surface area (Å²) in [5, 5.41) is 7.97. The molecule has 0 unspecified atom stereocenters. The molecule has 0 fully saturated rings. The van der Waals surface area contributed by atoms with Gasteiger partial charge in [-0.3, -0.25) is 0 Å². The van der Waals surface area contributed by atoms with Crippen LogP contribution in [0.15, 0.2) is 127 Å². The largest absolute Gasteiger partial charge is 0.309 e. The van der Waals surface area contributed by atoms with Crippen molar-refractivity contribution in [2.45, 2.75) is 0 Å². The molecule has 6 aromatic carbocycles. The molecule has 0 aliphatic rings. The molecule has 0 N–H and O–H groups in total. The van der Waals surface area contributed by atoms with Gasteiger partial charge in [0.05, 0.1) is 11.0 Å². The van der Waals surface area contributed by atoms with Crippen molar-refractivity contribution >= 4 is 84.8 Å². The first kappa shape index (κ1) is 21.5. The Morgan fingerprint density at radius 1 is 0.410 bits per heavy atom. The highest BCUT2D eigenvalue weighted by Gasteiger charge is 2.16. The van der Waals surface area contributed by atoms with E-state index in [0.717, 1.165) is 0 Å². The van der Waals surface area contributed by atoms with E-state index in [1.807, 2.05) is 22.7 Å². The lowest BCUT2D eigenvalue weighted by Crippen LogP contribution is -1.93. The van der Waals surface area contributed by atoms with Crippen molar-refractivity contribution in [2.75, 3.05) is 0 Å². The molecule has 0 bridgehead atoms. The quantitative estimate of drug-likeness (QED) is 0.209. The summed E-state index contributed by atoms with van der Waals surface area (Å²) in [6, 6.07) is 46.9. The summed E-state index contributed by atoms with van der Waals surface area (Å²) < 4.78 is 7.80. The van der Waals surface area contributed by atoms with E-state index in [9.17, 15) is 0 Å². The highest BCUT2D eigenvalue weighted by molar-refractivity contribution is 7.26. The third-order valence-electron chi connectivity index (χ3n) is 8.01. The molecular formula is C36H21NS2. The second-order valence-corrected chi connectivity index (χ2v) is 12.3. The van der Waals surface area contributed by atoms with Crippen LogP contribution in [0.25, 0.3) is 79.0 Å². The number of aromatic nitrogens is 1. The molecule has 0 saturated heterocycles. The van der Waals surface area contributed by atoms with Crippen molar-refractivity contribution in [3.63, 3.8) is 0 Å². The van der Waals surface area contributed by atoms with E-state index in [2.05, 4.69) is 132 Å². The van der Waals surface area contributed by atoms with Gasteiger partial charge in [-0.05, 0) is 59.7 Å². The molecular weight excluding hydrogens is 511 g/mol. The summed E-state index contributed by atoms with van der Waals surface area (Å²) >= 11 is 3.76. The molecule has 182 valence electrons. The molecule has 9 rings (SSSR count). The smallest absolute Gasteiger partial charge is 0.0548 e. The van der Waals surface area contributed by atoms with Crippen molar-refractivity contribution in [3.8, 4) is 16.8 Å². The van der Waals surface area contributed by atoms with Crippen LogP contribution in [0, 0.1) is 0 Å². The van der Waals surface area contributed by atoms with Crippen molar-refractivity contribution < 1.29 is 0 Å². The molecule has 0 atom stereocenters. The maximum absolute atomic E-state index is 2.43. The first-order valence-electron chi connectivity index (χ1n) is 13.2. The highest BCUT2D eigenvalue weighted by Crippen LogP contribution is 2.42. The van der Waals surface area contributed by atoms with E-state index in [1.165, 1.54) is 79.0 Å². The van der Waals surface area contributed by atoms with Gasteiger partial charge < -0.3 is 4.57 Å². The predicted molar refractivity (Wildman–Crippen MR) is 172 cm³/mol. The van der Waals surface area contributed by atoms with Gasteiger partial charge in [0.2, 0.25) is 0 Å². The van der Waals surface area contributed by atoms with Crippen molar-refractivity contribution in [2.24, 2.45) is 0 Å². The van der Waals surface area contributed by atoms with Crippen molar-refractivity contribution in [1.82, 2.24) is 4.57 Å². The van der Waals surface area contributed by atoms with Crippen LogP contribution in [0.4, 0.5) is 0 Å². The second kappa shape index (κ2) is 8.03. The fourth-order valence-electron chi connectivity index (χ4n) is 6.27. The molecule has 9 aromatic rings. The summed E-state index contributed by atoms with van der Waals surface area (Å²) in [6.07, 6.45) is 0. The van der Waals surface area contributed by atoms with Gasteiger partial charge in [0.15, 0.2) is 0 Å². The number of fused-ring (bicyclic) bond motifs is 9. The number of nitrogens with zero attached hydrogens (tertiary/aromatic N) is 1. The van der Waals surface area contributed by atoms with Crippen LogP contribution < -0.4 is 0 Å². The van der Waals surface area contributed by atoms with Gasteiger partial charge in [-0.15, -0.1) is 22.7 Å². The molecule has 3 aromatic heterocycles. The van der Waals surface area contributed by atoms with Crippen LogP contribution in [-0.4, -0.2) is 4.57 Å². The first-order valence-corrected chi connectivity index (χ1v) is 14.8. The van der Waals surface area contributed by atoms with E-state index in [-0.39, 0.29) is 0 Å². The zero-order chi connectivity index (χ0) is 25.5.